The first kappa shape index (κ1) is 17.2. The van der Waals surface area contributed by atoms with Gasteiger partial charge in [0.25, 0.3) is 5.91 Å². The molecule has 0 unspecified atom stereocenters. The first-order valence-corrected chi connectivity index (χ1v) is 8.48. The predicted molar refractivity (Wildman–Crippen MR) is 97.0 cm³/mol. The Balaban J connectivity index is 1.81. The third-order valence-electron chi connectivity index (χ3n) is 3.32. The minimum atomic E-state index is -1.07. The number of hydrogen-bond acceptors (Lipinski definition) is 6. The zero-order valence-electron chi connectivity index (χ0n) is 12.9. The summed E-state index contributed by atoms with van der Waals surface area (Å²) in [7, 11) is 0. The molecule has 0 aliphatic carbocycles. The molecule has 3 rings (SSSR count). The second-order valence-electron chi connectivity index (χ2n) is 5.07. The minimum absolute atomic E-state index is 0.223. The lowest BCUT2D eigenvalue weighted by molar-refractivity contribution is -0.139. The van der Waals surface area contributed by atoms with Gasteiger partial charge in [-0.3, -0.25) is 9.69 Å². The summed E-state index contributed by atoms with van der Waals surface area (Å²) in [5.41, 5.74) is 0.613. The van der Waals surface area contributed by atoms with E-state index in [0.717, 1.165) is 0 Å². The van der Waals surface area contributed by atoms with Crippen molar-refractivity contribution in [1.29, 1.82) is 0 Å². The fourth-order valence-electron chi connectivity index (χ4n) is 2.21. The topological polar surface area (TPSA) is 80.0 Å². The van der Waals surface area contributed by atoms with Crippen LogP contribution in [0.15, 0.2) is 52.0 Å². The maximum absolute atomic E-state index is 12.6. The highest BCUT2D eigenvalue weighted by atomic mass is 32.2. The largest absolute Gasteiger partial charge is 0.481 e. The number of carbonyl (C=O) groups excluding carboxylic acids is 1. The Bertz CT molecular complexity index is 844. The zero-order chi connectivity index (χ0) is 17.8. The molecule has 1 aliphatic rings. The van der Waals surface area contributed by atoms with Crippen molar-refractivity contribution in [3.63, 3.8) is 0 Å². The van der Waals surface area contributed by atoms with Gasteiger partial charge in [-0.05, 0) is 24.3 Å². The first-order valence-electron chi connectivity index (χ1n) is 7.26. The fourth-order valence-corrected chi connectivity index (χ4v) is 3.45. The van der Waals surface area contributed by atoms with E-state index in [1.807, 2.05) is 0 Å². The van der Waals surface area contributed by atoms with Crippen molar-refractivity contribution in [2.75, 3.05) is 6.61 Å². The van der Waals surface area contributed by atoms with Crippen LogP contribution < -0.4 is 4.74 Å². The number of carbonyl (C=O) groups is 2. The molecule has 6 nitrogen and oxygen atoms in total. The van der Waals surface area contributed by atoms with Gasteiger partial charge in [0.2, 0.25) is 0 Å². The highest BCUT2D eigenvalue weighted by molar-refractivity contribution is 8.26. The number of thioether (sulfide) groups is 1. The molecule has 1 fully saturated rings. The molecule has 8 heteroatoms. The predicted octanol–water partition coefficient (Wildman–Crippen LogP) is 3.14. The van der Waals surface area contributed by atoms with E-state index >= 15 is 0 Å². The van der Waals surface area contributed by atoms with Gasteiger partial charge < -0.3 is 14.3 Å². The minimum Gasteiger partial charge on any atom is -0.481 e. The monoisotopic (exact) mass is 375 g/mol. The van der Waals surface area contributed by atoms with Crippen LogP contribution in [0.1, 0.15) is 11.3 Å². The Hall–Kier alpha value is -2.58. The van der Waals surface area contributed by atoms with Gasteiger partial charge in [-0.25, -0.2) is 4.79 Å². The van der Waals surface area contributed by atoms with Crippen LogP contribution >= 0.6 is 24.0 Å². The van der Waals surface area contributed by atoms with Crippen LogP contribution in [0.4, 0.5) is 0 Å². The van der Waals surface area contributed by atoms with Crippen LogP contribution in [-0.4, -0.2) is 32.8 Å². The fraction of sp³-hybridized carbons (Fsp3) is 0.118. The van der Waals surface area contributed by atoms with E-state index in [0.29, 0.717) is 26.3 Å². The summed E-state index contributed by atoms with van der Waals surface area (Å²) in [6.07, 6.45) is 3.19. The third-order valence-corrected chi connectivity index (χ3v) is 4.70. The quantitative estimate of drug-likeness (QED) is 0.614. The second-order valence-corrected chi connectivity index (χ2v) is 6.74. The average Bonchev–Trinajstić information content (AvgIpc) is 3.18. The maximum atomic E-state index is 12.6. The molecule has 128 valence electrons. The van der Waals surface area contributed by atoms with Gasteiger partial charge in [0.1, 0.15) is 15.8 Å². The molecular formula is C17H13NO5S2. The summed E-state index contributed by atoms with van der Waals surface area (Å²) < 4.78 is 11.0. The van der Waals surface area contributed by atoms with E-state index in [1.165, 1.54) is 16.7 Å². The van der Waals surface area contributed by atoms with Crippen LogP contribution in [0.25, 0.3) is 6.08 Å². The molecule has 0 spiro atoms. The Morgan fingerprint density at radius 1 is 1.32 bits per heavy atom. The van der Waals surface area contributed by atoms with Crippen molar-refractivity contribution >= 4 is 46.3 Å². The molecule has 1 amide bonds. The van der Waals surface area contributed by atoms with E-state index in [9.17, 15) is 9.59 Å². The lowest BCUT2D eigenvalue weighted by Crippen LogP contribution is -2.27. The summed E-state index contributed by atoms with van der Waals surface area (Å²) in [6.45, 7) is -0.184. The number of ether oxygens (including phenoxy) is 1. The number of thiocarbonyl (C=S) groups is 1. The van der Waals surface area contributed by atoms with Crippen LogP contribution in [0.3, 0.4) is 0 Å². The van der Waals surface area contributed by atoms with Crippen LogP contribution in [-0.2, 0) is 16.1 Å². The molecule has 0 bridgehead atoms. The molecule has 25 heavy (non-hydrogen) atoms. The lowest BCUT2D eigenvalue weighted by atomic mass is 10.2. The Kier molecular flexibility index (Phi) is 5.20. The lowest BCUT2D eigenvalue weighted by Gasteiger charge is -2.12. The van der Waals surface area contributed by atoms with Gasteiger partial charge in [0.15, 0.2) is 6.61 Å². The Labute approximate surface area is 153 Å². The van der Waals surface area contributed by atoms with E-state index in [1.54, 1.807) is 48.7 Å². The van der Waals surface area contributed by atoms with Crippen molar-refractivity contribution in [1.82, 2.24) is 4.90 Å². The van der Waals surface area contributed by atoms with Crippen molar-refractivity contribution < 1.29 is 23.8 Å². The molecule has 1 N–H and O–H groups in total. The molecule has 0 radical (unpaired) electrons. The van der Waals surface area contributed by atoms with Crippen LogP contribution in [0, 0.1) is 0 Å². The summed E-state index contributed by atoms with van der Waals surface area (Å²) in [4.78, 5) is 25.2. The SMILES string of the molecule is O=C(O)COc1ccccc1C=C1SC(=S)N(Cc2ccco2)C1=O. The van der Waals surface area contributed by atoms with E-state index < -0.39 is 12.6 Å². The highest BCUT2D eigenvalue weighted by Crippen LogP contribution is 2.35. The number of hydrogen-bond donors (Lipinski definition) is 1. The standard InChI is InChI=1S/C17H13NO5S2/c19-15(20)10-23-13-6-2-1-4-11(13)8-14-16(21)18(17(24)25-14)9-12-5-3-7-22-12/h1-8H,9-10H2,(H,19,20). The van der Waals surface area contributed by atoms with Crippen molar-refractivity contribution in [2.24, 2.45) is 0 Å². The van der Waals surface area contributed by atoms with Gasteiger partial charge >= 0.3 is 5.97 Å². The highest BCUT2D eigenvalue weighted by Gasteiger charge is 2.32. The smallest absolute Gasteiger partial charge is 0.341 e. The molecule has 1 aliphatic heterocycles. The summed E-state index contributed by atoms with van der Waals surface area (Å²) in [6, 6.07) is 10.4. The van der Waals surface area contributed by atoms with Gasteiger partial charge in [-0.15, -0.1) is 0 Å². The molecule has 2 aromatic rings. The van der Waals surface area contributed by atoms with Crippen molar-refractivity contribution in [2.45, 2.75) is 6.54 Å². The van der Waals surface area contributed by atoms with Crippen LogP contribution in [0.2, 0.25) is 0 Å². The Morgan fingerprint density at radius 2 is 2.12 bits per heavy atom. The molecule has 2 heterocycles. The molecule has 1 aromatic carbocycles. The number of carboxylic acids is 1. The third kappa shape index (κ3) is 4.09. The number of benzene rings is 1. The summed E-state index contributed by atoms with van der Waals surface area (Å²) in [5, 5.41) is 8.75. The molecule has 0 atom stereocenters. The van der Waals surface area contributed by atoms with Gasteiger partial charge in [0, 0.05) is 5.56 Å². The van der Waals surface area contributed by atoms with Gasteiger partial charge in [-0.2, -0.15) is 0 Å². The van der Waals surface area contributed by atoms with Crippen molar-refractivity contribution in [3.05, 3.63) is 58.9 Å². The molecular weight excluding hydrogens is 362 g/mol. The van der Waals surface area contributed by atoms with Crippen LogP contribution in [0.5, 0.6) is 5.75 Å². The number of aliphatic carboxylic acids is 1. The number of para-hydroxylation sites is 1. The number of carboxylic acid groups (broad SMARTS) is 1. The van der Waals surface area contributed by atoms with Gasteiger partial charge in [-0.1, -0.05) is 42.2 Å². The molecule has 1 aromatic heterocycles. The second kappa shape index (κ2) is 7.54. The first-order chi connectivity index (χ1) is 12.0. The number of furan rings is 1. The summed E-state index contributed by atoms with van der Waals surface area (Å²) in [5.74, 6) is -0.261. The average molecular weight is 375 g/mol. The molecule has 1 saturated heterocycles. The van der Waals surface area contributed by atoms with E-state index in [2.05, 4.69) is 0 Å². The Morgan fingerprint density at radius 3 is 2.84 bits per heavy atom. The van der Waals surface area contributed by atoms with E-state index in [-0.39, 0.29) is 12.5 Å². The normalized spacial score (nSPS) is 15.8. The van der Waals surface area contributed by atoms with Gasteiger partial charge in [0.05, 0.1) is 17.7 Å². The van der Waals surface area contributed by atoms with E-state index in [4.69, 9.17) is 26.5 Å². The number of nitrogens with zero attached hydrogens (tertiary/aromatic N) is 1. The zero-order valence-corrected chi connectivity index (χ0v) is 14.5. The van der Waals surface area contributed by atoms with Crippen molar-refractivity contribution in [3.8, 4) is 5.75 Å². The number of rotatable bonds is 6. The molecule has 0 saturated carbocycles. The maximum Gasteiger partial charge on any atom is 0.341 e. The summed E-state index contributed by atoms with van der Waals surface area (Å²) >= 11 is 6.47. The number of amides is 1.